The first-order chi connectivity index (χ1) is 6.72. The van der Waals surface area contributed by atoms with Crippen molar-refractivity contribution in [3.63, 3.8) is 0 Å². The zero-order valence-corrected chi connectivity index (χ0v) is 9.64. The molecular weight excluding hydrogens is 225 g/mol. The van der Waals surface area contributed by atoms with Crippen molar-refractivity contribution in [1.29, 1.82) is 0 Å². The van der Waals surface area contributed by atoms with Crippen molar-refractivity contribution in [2.24, 2.45) is 0 Å². The third kappa shape index (κ3) is 4.62. The Morgan fingerprint density at radius 1 is 1.64 bits per heavy atom. The molecule has 1 fully saturated rings. The van der Waals surface area contributed by atoms with Gasteiger partial charge < -0.3 is 14.8 Å². The standard InChI is InChI=1S/C9H15Cl2NO2/c1-7-3-12-4-9(14-7)6-13-5-8(11)2-10/h2,7,9,12H,3-6H2,1H3. The molecule has 5 heteroatoms. The maximum atomic E-state index is 5.66. The van der Waals surface area contributed by atoms with Crippen molar-refractivity contribution in [1.82, 2.24) is 5.32 Å². The molecule has 1 N–H and O–H groups in total. The Morgan fingerprint density at radius 3 is 3.07 bits per heavy atom. The van der Waals surface area contributed by atoms with Crippen LogP contribution in [0.4, 0.5) is 0 Å². The van der Waals surface area contributed by atoms with Crippen LogP contribution in [0.5, 0.6) is 0 Å². The van der Waals surface area contributed by atoms with E-state index in [1.807, 2.05) is 6.92 Å². The van der Waals surface area contributed by atoms with Crippen molar-refractivity contribution in [2.45, 2.75) is 19.1 Å². The molecule has 0 aromatic heterocycles. The molecule has 1 saturated heterocycles. The summed E-state index contributed by atoms with van der Waals surface area (Å²) in [4.78, 5) is 0. The molecule has 0 spiro atoms. The molecule has 3 nitrogen and oxygen atoms in total. The second-order valence-corrected chi connectivity index (χ2v) is 4.00. The summed E-state index contributed by atoms with van der Waals surface area (Å²) in [6, 6.07) is 0. The molecule has 0 aromatic carbocycles. The monoisotopic (exact) mass is 239 g/mol. The first kappa shape index (κ1) is 12.3. The summed E-state index contributed by atoms with van der Waals surface area (Å²) in [5.74, 6) is 0. The van der Waals surface area contributed by atoms with Crippen LogP contribution in [0.2, 0.25) is 0 Å². The SMILES string of the molecule is CC1CNCC(COCC(Cl)=CCl)O1. The van der Waals surface area contributed by atoms with E-state index in [0.717, 1.165) is 13.1 Å². The molecule has 1 rings (SSSR count). The van der Waals surface area contributed by atoms with Crippen molar-refractivity contribution in [3.05, 3.63) is 10.6 Å². The summed E-state index contributed by atoms with van der Waals surface area (Å²) >= 11 is 11.0. The molecular formula is C9H15Cl2NO2. The highest BCUT2D eigenvalue weighted by atomic mass is 35.5. The average Bonchev–Trinajstić information content (AvgIpc) is 2.17. The van der Waals surface area contributed by atoms with E-state index in [0.29, 0.717) is 18.2 Å². The average molecular weight is 240 g/mol. The van der Waals surface area contributed by atoms with E-state index in [2.05, 4.69) is 5.32 Å². The quantitative estimate of drug-likeness (QED) is 0.811. The minimum absolute atomic E-state index is 0.110. The summed E-state index contributed by atoms with van der Waals surface area (Å²) in [5.41, 5.74) is 1.31. The maximum Gasteiger partial charge on any atom is 0.0936 e. The number of hydrogen-bond donors (Lipinski definition) is 1. The van der Waals surface area contributed by atoms with Crippen molar-refractivity contribution >= 4 is 23.2 Å². The lowest BCUT2D eigenvalue weighted by Crippen LogP contribution is -2.45. The Hall–Kier alpha value is 0.200. The Kier molecular flexibility index (Phi) is 5.82. The number of rotatable bonds is 4. The van der Waals surface area contributed by atoms with Crippen LogP contribution < -0.4 is 5.32 Å². The molecule has 14 heavy (non-hydrogen) atoms. The highest BCUT2D eigenvalue weighted by Crippen LogP contribution is 2.07. The lowest BCUT2D eigenvalue weighted by molar-refractivity contribution is -0.0651. The van der Waals surface area contributed by atoms with Gasteiger partial charge in [-0.2, -0.15) is 0 Å². The van der Waals surface area contributed by atoms with Crippen LogP contribution in [0.1, 0.15) is 6.92 Å². The number of ether oxygens (including phenoxy) is 2. The second kappa shape index (κ2) is 6.64. The van der Waals surface area contributed by atoms with Crippen LogP contribution >= 0.6 is 23.2 Å². The Balaban J connectivity index is 2.11. The van der Waals surface area contributed by atoms with Gasteiger partial charge in [0.15, 0.2) is 0 Å². The minimum atomic E-state index is 0.110. The van der Waals surface area contributed by atoms with Crippen molar-refractivity contribution in [3.8, 4) is 0 Å². The highest BCUT2D eigenvalue weighted by molar-refractivity contribution is 6.36. The lowest BCUT2D eigenvalue weighted by atomic mass is 10.2. The molecule has 0 aromatic rings. The predicted octanol–water partition coefficient (Wildman–Crippen LogP) is 1.70. The number of nitrogens with one attached hydrogen (secondary N) is 1. The molecule has 82 valence electrons. The van der Waals surface area contributed by atoms with Gasteiger partial charge in [0.1, 0.15) is 0 Å². The fourth-order valence-corrected chi connectivity index (χ4v) is 1.43. The van der Waals surface area contributed by atoms with E-state index in [1.165, 1.54) is 5.54 Å². The van der Waals surface area contributed by atoms with Gasteiger partial charge >= 0.3 is 0 Å². The third-order valence-corrected chi connectivity index (χ3v) is 2.48. The van der Waals surface area contributed by atoms with Gasteiger partial charge in [-0.1, -0.05) is 23.2 Å². The molecule has 1 heterocycles. The zero-order valence-electron chi connectivity index (χ0n) is 8.13. The molecule has 0 amide bonds. The van der Waals surface area contributed by atoms with Gasteiger partial charge in [-0.05, 0) is 6.92 Å². The first-order valence-corrected chi connectivity index (χ1v) is 5.42. The number of halogens is 2. The number of hydrogen-bond acceptors (Lipinski definition) is 3. The van der Waals surface area contributed by atoms with E-state index in [4.69, 9.17) is 32.7 Å². The number of morpholine rings is 1. The summed E-state index contributed by atoms with van der Waals surface area (Å²) in [6.07, 6.45) is 0.356. The fourth-order valence-electron chi connectivity index (χ4n) is 1.29. The van der Waals surface area contributed by atoms with E-state index in [9.17, 15) is 0 Å². The van der Waals surface area contributed by atoms with E-state index < -0.39 is 0 Å². The molecule has 1 aliphatic heterocycles. The summed E-state index contributed by atoms with van der Waals surface area (Å²) in [5, 5.41) is 3.76. The van der Waals surface area contributed by atoms with E-state index >= 15 is 0 Å². The van der Waals surface area contributed by atoms with Crippen LogP contribution in [0.3, 0.4) is 0 Å². The molecule has 2 atom stereocenters. The summed E-state index contributed by atoms with van der Waals surface area (Å²) in [6.45, 7) is 4.65. The van der Waals surface area contributed by atoms with Crippen LogP contribution in [-0.4, -0.2) is 38.5 Å². The first-order valence-electron chi connectivity index (χ1n) is 4.61. The van der Waals surface area contributed by atoms with Crippen molar-refractivity contribution < 1.29 is 9.47 Å². The van der Waals surface area contributed by atoms with Crippen LogP contribution in [-0.2, 0) is 9.47 Å². The fraction of sp³-hybridized carbons (Fsp3) is 0.778. The van der Waals surface area contributed by atoms with E-state index in [-0.39, 0.29) is 12.2 Å². The predicted molar refractivity (Wildman–Crippen MR) is 57.8 cm³/mol. The lowest BCUT2D eigenvalue weighted by Gasteiger charge is -2.28. The Morgan fingerprint density at radius 2 is 2.43 bits per heavy atom. The van der Waals surface area contributed by atoms with Gasteiger partial charge in [-0.25, -0.2) is 0 Å². The zero-order chi connectivity index (χ0) is 10.4. The van der Waals surface area contributed by atoms with E-state index in [1.54, 1.807) is 0 Å². The Labute approximate surface area is 94.3 Å². The van der Waals surface area contributed by atoms with Crippen LogP contribution in [0, 0.1) is 0 Å². The van der Waals surface area contributed by atoms with Crippen LogP contribution in [0.15, 0.2) is 10.6 Å². The minimum Gasteiger partial charge on any atom is -0.373 e. The van der Waals surface area contributed by atoms with Crippen molar-refractivity contribution in [2.75, 3.05) is 26.3 Å². The van der Waals surface area contributed by atoms with Crippen LogP contribution in [0.25, 0.3) is 0 Å². The molecule has 0 bridgehead atoms. The molecule has 0 aliphatic carbocycles. The largest absolute Gasteiger partial charge is 0.373 e. The van der Waals surface area contributed by atoms with Gasteiger partial charge in [-0.3, -0.25) is 0 Å². The Bertz CT molecular complexity index is 199. The highest BCUT2D eigenvalue weighted by Gasteiger charge is 2.18. The van der Waals surface area contributed by atoms with Gasteiger partial charge in [0.25, 0.3) is 0 Å². The topological polar surface area (TPSA) is 30.5 Å². The van der Waals surface area contributed by atoms with Gasteiger partial charge in [-0.15, -0.1) is 0 Å². The molecule has 1 aliphatic rings. The molecule has 2 unspecified atom stereocenters. The normalized spacial score (nSPS) is 29.2. The smallest absolute Gasteiger partial charge is 0.0936 e. The molecule has 0 radical (unpaired) electrons. The summed E-state index contributed by atoms with van der Waals surface area (Å²) in [7, 11) is 0. The summed E-state index contributed by atoms with van der Waals surface area (Å²) < 4.78 is 10.9. The molecule has 0 saturated carbocycles. The van der Waals surface area contributed by atoms with Gasteiger partial charge in [0.2, 0.25) is 0 Å². The third-order valence-electron chi connectivity index (χ3n) is 1.89. The van der Waals surface area contributed by atoms with Gasteiger partial charge in [0.05, 0.1) is 30.5 Å². The maximum absolute atomic E-state index is 5.66. The van der Waals surface area contributed by atoms with Gasteiger partial charge in [0, 0.05) is 18.6 Å². The second-order valence-electron chi connectivity index (χ2n) is 3.30.